The van der Waals surface area contributed by atoms with Gasteiger partial charge < -0.3 is 4.79 Å². The Morgan fingerprint density at radius 3 is 2.44 bits per heavy atom. The van der Waals surface area contributed by atoms with Crippen LogP contribution >= 0.6 is 0 Å². The highest BCUT2D eigenvalue weighted by atomic mass is 16.1. The smallest absolute Gasteiger partial charge is 0.130 e. The zero-order chi connectivity index (χ0) is 22.7. The van der Waals surface area contributed by atoms with Crippen LogP contribution in [-0.4, -0.2) is 5.78 Å². The molecule has 0 spiro atoms. The van der Waals surface area contributed by atoms with Crippen molar-refractivity contribution in [3.8, 4) is 0 Å². The molecule has 3 aliphatic rings. The van der Waals surface area contributed by atoms with Gasteiger partial charge >= 0.3 is 0 Å². The largest absolute Gasteiger partial charge is 0.300 e. The summed E-state index contributed by atoms with van der Waals surface area (Å²) >= 11 is 0. The number of benzene rings is 1. The summed E-state index contributed by atoms with van der Waals surface area (Å²) in [5.74, 6) is 3.68. The van der Waals surface area contributed by atoms with Crippen molar-refractivity contribution in [2.75, 3.05) is 0 Å². The fraction of sp³-hybridized carbons (Fsp3) is 0.645. The number of carbonyl (C=O) groups excluding carboxylic acids is 1. The lowest BCUT2D eigenvalue weighted by Gasteiger charge is -2.33. The molecule has 0 bridgehead atoms. The summed E-state index contributed by atoms with van der Waals surface area (Å²) in [7, 11) is 0. The Kier molecular flexibility index (Phi) is 7.74. The van der Waals surface area contributed by atoms with Crippen LogP contribution in [0.15, 0.2) is 41.5 Å². The number of hydrogen-bond donors (Lipinski definition) is 0. The maximum absolute atomic E-state index is 11.8. The molecule has 0 aromatic heterocycles. The molecule has 0 aliphatic heterocycles. The van der Waals surface area contributed by atoms with E-state index in [2.05, 4.69) is 51.1 Å². The summed E-state index contributed by atoms with van der Waals surface area (Å²) < 4.78 is 0. The number of allylic oxidation sites excluding steroid dienone is 4. The second-order valence-corrected chi connectivity index (χ2v) is 11.6. The van der Waals surface area contributed by atoms with E-state index in [1.165, 1.54) is 56.9 Å². The molecule has 3 aliphatic carbocycles. The molecule has 4 rings (SSSR count). The van der Waals surface area contributed by atoms with Crippen molar-refractivity contribution in [3.05, 3.63) is 58.2 Å². The van der Waals surface area contributed by atoms with Crippen LogP contribution in [0.2, 0.25) is 0 Å². The predicted octanol–water partition coefficient (Wildman–Crippen LogP) is 8.69. The van der Waals surface area contributed by atoms with Gasteiger partial charge in [0.2, 0.25) is 0 Å². The summed E-state index contributed by atoms with van der Waals surface area (Å²) in [5.41, 5.74) is 7.71. The SMILES string of the molecule is CC(=O)C[C@@H](C)c1ccc(C(CC(C)C)C2CCCCC2)c(CC2=CC(C3CC3)=CC2)c1. The Balaban J connectivity index is 1.65. The molecule has 0 N–H and O–H groups in total. The molecule has 1 aromatic carbocycles. The van der Waals surface area contributed by atoms with Crippen LogP contribution < -0.4 is 0 Å². The molecule has 1 heteroatoms. The highest BCUT2D eigenvalue weighted by molar-refractivity contribution is 5.76. The Hall–Kier alpha value is -1.63. The maximum Gasteiger partial charge on any atom is 0.130 e. The van der Waals surface area contributed by atoms with Crippen LogP contribution in [0.4, 0.5) is 0 Å². The third-order valence-electron chi connectivity index (χ3n) is 8.11. The zero-order valence-corrected chi connectivity index (χ0v) is 21.0. The van der Waals surface area contributed by atoms with Gasteiger partial charge in [-0.2, -0.15) is 0 Å². The van der Waals surface area contributed by atoms with Gasteiger partial charge in [0, 0.05) is 6.42 Å². The fourth-order valence-electron chi connectivity index (χ4n) is 6.29. The third-order valence-corrected chi connectivity index (χ3v) is 8.11. The molecule has 1 nitrogen and oxygen atoms in total. The van der Waals surface area contributed by atoms with Crippen LogP contribution in [0.25, 0.3) is 0 Å². The summed E-state index contributed by atoms with van der Waals surface area (Å²) in [6, 6.07) is 7.29. The van der Waals surface area contributed by atoms with E-state index in [4.69, 9.17) is 0 Å². The van der Waals surface area contributed by atoms with Crippen molar-refractivity contribution in [2.24, 2.45) is 17.8 Å². The second kappa shape index (κ2) is 10.5. The molecule has 1 aromatic rings. The Morgan fingerprint density at radius 1 is 1.03 bits per heavy atom. The minimum Gasteiger partial charge on any atom is -0.300 e. The summed E-state index contributed by atoms with van der Waals surface area (Å²) in [4.78, 5) is 11.8. The fourth-order valence-corrected chi connectivity index (χ4v) is 6.29. The first-order chi connectivity index (χ1) is 15.4. The van der Waals surface area contributed by atoms with Crippen molar-refractivity contribution in [3.63, 3.8) is 0 Å². The van der Waals surface area contributed by atoms with Crippen molar-refractivity contribution in [1.82, 2.24) is 0 Å². The average Bonchev–Trinajstić information content (AvgIpc) is 3.51. The van der Waals surface area contributed by atoms with E-state index in [-0.39, 0.29) is 0 Å². The molecule has 1 unspecified atom stereocenters. The first-order valence-corrected chi connectivity index (χ1v) is 13.4. The van der Waals surface area contributed by atoms with Crippen LogP contribution in [0.3, 0.4) is 0 Å². The van der Waals surface area contributed by atoms with Crippen molar-refractivity contribution >= 4 is 5.78 Å². The predicted molar refractivity (Wildman–Crippen MR) is 136 cm³/mol. The molecule has 2 atom stereocenters. The lowest BCUT2D eigenvalue weighted by molar-refractivity contribution is -0.117. The molecule has 0 radical (unpaired) electrons. The highest BCUT2D eigenvalue weighted by Crippen LogP contribution is 2.44. The van der Waals surface area contributed by atoms with Gasteiger partial charge in [0.1, 0.15) is 5.78 Å². The van der Waals surface area contributed by atoms with Gasteiger partial charge in [-0.3, -0.25) is 0 Å². The number of carbonyl (C=O) groups is 1. The number of hydrogen-bond acceptors (Lipinski definition) is 1. The second-order valence-electron chi connectivity index (χ2n) is 11.6. The Bertz CT molecular complexity index is 860. The standard InChI is InChI=1S/C31H44O/c1-21(2)16-31(26-8-6-5-7-9-26)30-15-14-27(22(3)17-23(4)32)20-29(30)19-24-10-11-28(18-24)25-12-13-25/h11,14-15,18,20-22,25-26,31H,5-10,12-13,16-17,19H2,1-4H3/t22-,31?/m1/s1. The monoisotopic (exact) mass is 432 g/mol. The lowest BCUT2D eigenvalue weighted by Crippen LogP contribution is -2.20. The van der Waals surface area contributed by atoms with Gasteiger partial charge in [0.15, 0.2) is 0 Å². The van der Waals surface area contributed by atoms with Crippen LogP contribution in [0, 0.1) is 17.8 Å². The molecule has 2 fully saturated rings. The topological polar surface area (TPSA) is 17.1 Å². The van der Waals surface area contributed by atoms with E-state index in [0.29, 0.717) is 24.0 Å². The molecule has 2 saturated carbocycles. The first-order valence-electron chi connectivity index (χ1n) is 13.4. The van der Waals surface area contributed by atoms with E-state index >= 15 is 0 Å². The van der Waals surface area contributed by atoms with Crippen LogP contribution in [0.5, 0.6) is 0 Å². The van der Waals surface area contributed by atoms with E-state index in [1.807, 2.05) is 0 Å². The summed E-state index contributed by atoms with van der Waals surface area (Å²) in [6.45, 7) is 8.73. The summed E-state index contributed by atoms with van der Waals surface area (Å²) in [6.07, 6.45) is 19.0. The lowest BCUT2D eigenvalue weighted by atomic mass is 9.71. The first kappa shape index (κ1) is 23.5. The third kappa shape index (κ3) is 6.03. The molecule has 0 saturated heterocycles. The maximum atomic E-state index is 11.8. The number of Topliss-reactive ketones (excluding diaryl/α,β-unsaturated/α-hetero) is 1. The van der Waals surface area contributed by atoms with Gasteiger partial charge in [0.05, 0.1) is 0 Å². The van der Waals surface area contributed by atoms with E-state index in [1.54, 1.807) is 29.2 Å². The molecule has 32 heavy (non-hydrogen) atoms. The van der Waals surface area contributed by atoms with Crippen LogP contribution in [-0.2, 0) is 11.2 Å². The van der Waals surface area contributed by atoms with Crippen molar-refractivity contribution in [1.29, 1.82) is 0 Å². The molecule has 174 valence electrons. The van der Waals surface area contributed by atoms with E-state index in [0.717, 1.165) is 30.6 Å². The van der Waals surface area contributed by atoms with E-state index in [9.17, 15) is 4.79 Å². The quantitative estimate of drug-likeness (QED) is 0.361. The van der Waals surface area contributed by atoms with Crippen LogP contribution in [0.1, 0.15) is 120 Å². The minimum atomic E-state index is 0.291. The van der Waals surface area contributed by atoms with Gasteiger partial charge in [-0.1, -0.05) is 76.0 Å². The average molecular weight is 433 g/mol. The molecular weight excluding hydrogens is 388 g/mol. The minimum absolute atomic E-state index is 0.291. The Labute approximate surface area is 196 Å². The van der Waals surface area contributed by atoms with Gasteiger partial charge in [-0.15, -0.1) is 0 Å². The van der Waals surface area contributed by atoms with E-state index < -0.39 is 0 Å². The number of rotatable bonds is 10. The highest BCUT2D eigenvalue weighted by Gasteiger charge is 2.29. The normalized spacial score (nSPS) is 21.4. The van der Waals surface area contributed by atoms with Crippen molar-refractivity contribution in [2.45, 2.75) is 110 Å². The molecular formula is C31H44O. The van der Waals surface area contributed by atoms with Gasteiger partial charge in [-0.25, -0.2) is 0 Å². The molecule has 0 heterocycles. The molecule has 0 amide bonds. The number of ketones is 1. The Morgan fingerprint density at radius 2 is 1.78 bits per heavy atom. The van der Waals surface area contributed by atoms with Gasteiger partial charge in [-0.05, 0) is 104 Å². The van der Waals surface area contributed by atoms with Crippen molar-refractivity contribution < 1.29 is 4.79 Å². The zero-order valence-electron chi connectivity index (χ0n) is 21.0. The summed E-state index contributed by atoms with van der Waals surface area (Å²) in [5, 5.41) is 0. The van der Waals surface area contributed by atoms with Gasteiger partial charge in [0.25, 0.3) is 0 Å².